The summed E-state index contributed by atoms with van der Waals surface area (Å²) in [6.07, 6.45) is 0.641. The SMILES string of the molecule is CC(C)(C)c1ccc(C(=O)N[C@@H](Cc2ccc(O)cc2)C(=O)N2CCC3[C@H]2C(=O)CN3C(=O)c2ccc3ccccc3c2)cc1. The number of phenols is 1. The van der Waals surface area contributed by atoms with Gasteiger partial charge in [0.1, 0.15) is 17.8 Å². The van der Waals surface area contributed by atoms with E-state index in [0.717, 1.165) is 21.9 Å². The molecule has 4 aromatic carbocycles. The van der Waals surface area contributed by atoms with Crippen molar-refractivity contribution in [3.05, 3.63) is 113 Å². The summed E-state index contributed by atoms with van der Waals surface area (Å²) >= 11 is 0. The van der Waals surface area contributed by atoms with Gasteiger partial charge in [0.15, 0.2) is 5.78 Å². The van der Waals surface area contributed by atoms with Crippen molar-refractivity contribution in [1.82, 2.24) is 15.1 Å². The molecule has 0 saturated carbocycles. The first-order valence-corrected chi connectivity index (χ1v) is 15.3. The Morgan fingerprint density at radius 3 is 2.22 bits per heavy atom. The van der Waals surface area contributed by atoms with E-state index in [1.54, 1.807) is 35.2 Å². The lowest BCUT2D eigenvalue weighted by atomic mass is 9.86. The van der Waals surface area contributed by atoms with Crippen molar-refractivity contribution in [2.75, 3.05) is 13.1 Å². The molecule has 8 heteroatoms. The van der Waals surface area contributed by atoms with Crippen LogP contribution in [0.1, 0.15) is 59.0 Å². The quantitative estimate of drug-likeness (QED) is 0.327. The van der Waals surface area contributed by atoms with Crippen molar-refractivity contribution in [2.45, 2.75) is 57.2 Å². The predicted molar refractivity (Wildman–Crippen MR) is 172 cm³/mol. The van der Waals surface area contributed by atoms with E-state index in [4.69, 9.17) is 0 Å². The zero-order valence-electron chi connectivity index (χ0n) is 25.7. The smallest absolute Gasteiger partial charge is 0.254 e. The molecule has 2 fully saturated rings. The number of likely N-dealkylation sites (tertiary alicyclic amines) is 2. The van der Waals surface area contributed by atoms with E-state index >= 15 is 0 Å². The Labute approximate surface area is 262 Å². The van der Waals surface area contributed by atoms with Crippen LogP contribution < -0.4 is 5.32 Å². The van der Waals surface area contributed by atoms with Gasteiger partial charge in [0, 0.05) is 24.1 Å². The predicted octanol–water partition coefficient (Wildman–Crippen LogP) is 4.88. The number of fused-ring (bicyclic) bond motifs is 2. The maximum Gasteiger partial charge on any atom is 0.254 e. The number of carbonyl (C=O) groups is 4. The van der Waals surface area contributed by atoms with Crippen LogP contribution in [-0.2, 0) is 21.4 Å². The zero-order chi connectivity index (χ0) is 31.9. The lowest BCUT2D eigenvalue weighted by molar-refractivity contribution is -0.138. The number of carbonyl (C=O) groups excluding carboxylic acids is 4. The maximum atomic E-state index is 14.2. The Bertz CT molecular complexity index is 1770. The molecule has 45 heavy (non-hydrogen) atoms. The molecule has 0 radical (unpaired) electrons. The number of nitrogens with one attached hydrogen (secondary N) is 1. The van der Waals surface area contributed by atoms with Crippen LogP contribution in [0, 0.1) is 0 Å². The fourth-order valence-electron chi connectivity index (χ4n) is 6.46. The van der Waals surface area contributed by atoms with Crippen molar-refractivity contribution in [1.29, 1.82) is 0 Å². The molecule has 2 saturated heterocycles. The van der Waals surface area contributed by atoms with Crippen LogP contribution in [-0.4, -0.2) is 69.6 Å². The van der Waals surface area contributed by atoms with Gasteiger partial charge < -0.3 is 20.2 Å². The van der Waals surface area contributed by atoms with Gasteiger partial charge in [-0.15, -0.1) is 0 Å². The third kappa shape index (κ3) is 6.05. The van der Waals surface area contributed by atoms with E-state index in [1.807, 2.05) is 48.5 Å². The van der Waals surface area contributed by atoms with E-state index in [-0.39, 0.29) is 41.7 Å². The van der Waals surface area contributed by atoms with Gasteiger partial charge in [-0.25, -0.2) is 0 Å². The summed E-state index contributed by atoms with van der Waals surface area (Å²) < 4.78 is 0. The van der Waals surface area contributed by atoms with Crippen LogP contribution in [0.3, 0.4) is 0 Å². The Morgan fingerprint density at radius 2 is 1.53 bits per heavy atom. The minimum atomic E-state index is -0.957. The first-order chi connectivity index (χ1) is 21.5. The summed E-state index contributed by atoms with van der Waals surface area (Å²) in [6, 6.07) is 24.9. The van der Waals surface area contributed by atoms with Gasteiger partial charge in [-0.05, 0) is 70.1 Å². The third-order valence-electron chi connectivity index (χ3n) is 8.96. The summed E-state index contributed by atoms with van der Waals surface area (Å²) in [7, 11) is 0. The molecule has 2 aliphatic rings. The van der Waals surface area contributed by atoms with Crippen LogP contribution in [0.5, 0.6) is 5.75 Å². The van der Waals surface area contributed by atoms with Crippen molar-refractivity contribution in [3.63, 3.8) is 0 Å². The van der Waals surface area contributed by atoms with Gasteiger partial charge in [-0.3, -0.25) is 19.2 Å². The molecule has 2 aliphatic heterocycles. The number of hydrogen-bond acceptors (Lipinski definition) is 5. The van der Waals surface area contributed by atoms with Crippen molar-refractivity contribution < 1.29 is 24.3 Å². The molecule has 0 aromatic heterocycles. The third-order valence-corrected chi connectivity index (χ3v) is 8.96. The van der Waals surface area contributed by atoms with Crippen LogP contribution in [0.2, 0.25) is 0 Å². The van der Waals surface area contributed by atoms with Gasteiger partial charge in [-0.1, -0.05) is 75.4 Å². The number of nitrogens with zero attached hydrogens (tertiary/aromatic N) is 2. The number of rotatable bonds is 6. The lowest BCUT2D eigenvalue weighted by Gasteiger charge is -2.28. The number of hydrogen-bond donors (Lipinski definition) is 2. The number of amides is 3. The van der Waals surface area contributed by atoms with Crippen LogP contribution in [0.25, 0.3) is 10.8 Å². The molecule has 0 spiro atoms. The summed E-state index contributed by atoms with van der Waals surface area (Å²) in [5.41, 5.74) is 2.69. The second-order valence-corrected chi connectivity index (χ2v) is 13.0. The molecule has 230 valence electrons. The molecule has 2 N–H and O–H groups in total. The Morgan fingerprint density at radius 1 is 0.867 bits per heavy atom. The minimum absolute atomic E-state index is 0.0696. The molecule has 0 bridgehead atoms. The average Bonchev–Trinajstić information content (AvgIpc) is 3.61. The van der Waals surface area contributed by atoms with Gasteiger partial charge in [0.25, 0.3) is 11.8 Å². The molecule has 3 atom stereocenters. The summed E-state index contributed by atoms with van der Waals surface area (Å²) in [4.78, 5) is 57.7. The largest absolute Gasteiger partial charge is 0.508 e. The maximum absolute atomic E-state index is 14.2. The van der Waals surface area contributed by atoms with Gasteiger partial charge in [0.05, 0.1) is 12.6 Å². The zero-order valence-corrected chi connectivity index (χ0v) is 25.7. The van der Waals surface area contributed by atoms with Crippen molar-refractivity contribution >= 4 is 34.3 Å². The number of ketones is 1. The van der Waals surface area contributed by atoms with E-state index in [2.05, 4.69) is 26.1 Å². The van der Waals surface area contributed by atoms with Crippen molar-refractivity contribution in [3.8, 4) is 5.75 Å². The Hall–Kier alpha value is -4.98. The molecule has 8 nitrogen and oxygen atoms in total. The first-order valence-electron chi connectivity index (χ1n) is 15.3. The van der Waals surface area contributed by atoms with Gasteiger partial charge in [0.2, 0.25) is 5.91 Å². The molecular formula is C37H37N3O5. The molecular weight excluding hydrogens is 566 g/mol. The number of benzene rings is 4. The van der Waals surface area contributed by atoms with Crippen LogP contribution in [0.4, 0.5) is 0 Å². The van der Waals surface area contributed by atoms with Crippen LogP contribution >= 0.6 is 0 Å². The normalized spacial score (nSPS) is 18.6. The fourth-order valence-corrected chi connectivity index (χ4v) is 6.46. The highest BCUT2D eigenvalue weighted by Gasteiger charge is 2.52. The monoisotopic (exact) mass is 603 g/mol. The highest BCUT2D eigenvalue weighted by molar-refractivity contribution is 6.05. The van der Waals surface area contributed by atoms with Gasteiger partial charge >= 0.3 is 0 Å². The van der Waals surface area contributed by atoms with Gasteiger partial charge in [-0.2, -0.15) is 0 Å². The molecule has 6 rings (SSSR count). The molecule has 1 unspecified atom stereocenters. The van der Waals surface area contributed by atoms with E-state index in [9.17, 15) is 24.3 Å². The molecule has 0 aliphatic carbocycles. The topological polar surface area (TPSA) is 107 Å². The second kappa shape index (κ2) is 11.8. The lowest BCUT2D eigenvalue weighted by Crippen LogP contribution is -2.53. The number of phenolic OH excluding ortho intramolecular Hbond substituents is 1. The standard InChI is InChI=1S/C37H37N3O5/c1-37(2,3)28-14-12-25(13-15-28)34(43)38-30(20-23-8-16-29(41)17-9-23)36(45)39-19-18-31-33(39)32(42)22-40(31)35(44)27-11-10-24-6-4-5-7-26(24)21-27/h4-17,21,30-31,33,41H,18-20,22H2,1-3H3,(H,38,43)/t30-,31?,33-/m0/s1. The highest BCUT2D eigenvalue weighted by Crippen LogP contribution is 2.32. The number of aromatic hydroxyl groups is 1. The van der Waals surface area contributed by atoms with E-state index in [1.165, 1.54) is 17.0 Å². The summed E-state index contributed by atoms with van der Waals surface area (Å²) in [6.45, 7) is 6.51. The first kappa shape index (κ1) is 30.1. The minimum Gasteiger partial charge on any atom is -0.508 e. The van der Waals surface area contributed by atoms with E-state index < -0.39 is 24.0 Å². The molecule has 4 aromatic rings. The van der Waals surface area contributed by atoms with Crippen LogP contribution in [0.15, 0.2) is 91.0 Å². The Kier molecular flexibility index (Phi) is 7.91. The second-order valence-electron chi connectivity index (χ2n) is 13.0. The number of Topliss-reactive ketones (excluding diaryl/α,β-unsaturated/α-hetero) is 1. The Balaban J connectivity index is 1.23. The highest BCUT2D eigenvalue weighted by atomic mass is 16.3. The average molecular weight is 604 g/mol. The molecule has 3 amide bonds. The molecule has 2 heterocycles. The summed E-state index contributed by atoms with van der Waals surface area (Å²) in [5.74, 6) is -1.09. The van der Waals surface area contributed by atoms with E-state index in [0.29, 0.717) is 24.1 Å². The summed E-state index contributed by atoms with van der Waals surface area (Å²) in [5, 5.41) is 14.6. The fraction of sp³-hybridized carbons (Fsp3) is 0.297. The van der Waals surface area contributed by atoms with Crippen molar-refractivity contribution in [2.24, 2.45) is 0 Å².